The third-order valence-corrected chi connectivity index (χ3v) is 4.25. The zero-order valence-electron chi connectivity index (χ0n) is 12.3. The van der Waals surface area contributed by atoms with E-state index in [4.69, 9.17) is 0 Å². The minimum Gasteiger partial charge on any atom is -0.263 e. The van der Waals surface area contributed by atoms with E-state index in [9.17, 15) is 21.6 Å². The van der Waals surface area contributed by atoms with Crippen molar-refractivity contribution in [1.29, 1.82) is 0 Å². The zero-order chi connectivity index (χ0) is 17.3. The number of rotatable bonds is 4. The van der Waals surface area contributed by atoms with Crippen LogP contribution in [0.4, 0.5) is 19.0 Å². The molecule has 0 atom stereocenters. The molecule has 0 saturated heterocycles. The van der Waals surface area contributed by atoms with Crippen LogP contribution in [0.3, 0.4) is 0 Å². The minimum absolute atomic E-state index is 0.00103. The Labute approximate surface area is 131 Å². The number of hydrogen-bond acceptors (Lipinski definition) is 4. The van der Waals surface area contributed by atoms with Crippen LogP contribution in [0.5, 0.6) is 0 Å². The van der Waals surface area contributed by atoms with Gasteiger partial charge in [-0.2, -0.15) is 13.2 Å². The van der Waals surface area contributed by atoms with Crippen molar-refractivity contribution in [1.82, 2.24) is 9.97 Å². The van der Waals surface area contributed by atoms with Gasteiger partial charge in [0, 0.05) is 12.1 Å². The molecular weight excluding hydrogens is 331 g/mol. The first-order valence-electron chi connectivity index (χ1n) is 6.62. The largest absolute Gasteiger partial charge is 0.416 e. The second-order valence-electron chi connectivity index (χ2n) is 5.09. The molecule has 0 unspecified atom stereocenters. The topological polar surface area (TPSA) is 72.0 Å². The zero-order valence-corrected chi connectivity index (χ0v) is 13.1. The van der Waals surface area contributed by atoms with Crippen molar-refractivity contribution in [2.45, 2.75) is 30.8 Å². The summed E-state index contributed by atoms with van der Waals surface area (Å²) in [5, 5.41) is 0. The van der Waals surface area contributed by atoms with E-state index in [1.807, 2.05) is 13.8 Å². The Kier molecular flexibility index (Phi) is 4.60. The Balaban J connectivity index is 2.34. The molecular formula is C14H14F3N3O2S. The number of sulfonamides is 1. The van der Waals surface area contributed by atoms with Gasteiger partial charge < -0.3 is 0 Å². The third-order valence-electron chi connectivity index (χ3n) is 2.90. The number of nitrogens with one attached hydrogen (secondary N) is 1. The lowest BCUT2D eigenvalue weighted by Gasteiger charge is -2.11. The summed E-state index contributed by atoms with van der Waals surface area (Å²) in [6.07, 6.45) is -3.24. The van der Waals surface area contributed by atoms with E-state index >= 15 is 0 Å². The third kappa shape index (κ3) is 4.19. The summed E-state index contributed by atoms with van der Waals surface area (Å²) in [5.41, 5.74) is -1.04. The summed E-state index contributed by atoms with van der Waals surface area (Å²) >= 11 is 0. The second-order valence-corrected chi connectivity index (χ2v) is 6.77. The van der Waals surface area contributed by atoms with Crippen LogP contribution in [0, 0.1) is 0 Å². The first kappa shape index (κ1) is 17.2. The molecule has 2 rings (SSSR count). The average molecular weight is 345 g/mol. The van der Waals surface area contributed by atoms with Crippen molar-refractivity contribution in [3.63, 3.8) is 0 Å². The van der Waals surface area contributed by atoms with Crippen molar-refractivity contribution in [3.8, 4) is 0 Å². The fourth-order valence-corrected chi connectivity index (χ4v) is 2.79. The summed E-state index contributed by atoms with van der Waals surface area (Å²) < 4.78 is 64.7. The Hall–Kier alpha value is -2.16. The highest BCUT2D eigenvalue weighted by molar-refractivity contribution is 7.92. The van der Waals surface area contributed by atoms with Gasteiger partial charge in [-0.05, 0) is 24.3 Å². The van der Waals surface area contributed by atoms with Crippen LogP contribution in [0.15, 0.2) is 41.4 Å². The molecule has 0 saturated carbocycles. The number of nitrogens with zero attached hydrogens (tertiary/aromatic N) is 2. The van der Waals surface area contributed by atoms with E-state index in [2.05, 4.69) is 14.7 Å². The second kappa shape index (κ2) is 6.15. The SMILES string of the molecule is CC(C)c1nccc(NS(=O)(=O)c2cccc(C(F)(F)F)c2)n1. The van der Waals surface area contributed by atoms with Gasteiger partial charge in [0.2, 0.25) is 0 Å². The van der Waals surface area contributed by atoms with Crippen molar-refractivity contribution < 1.29 is 21.6 Å². The quantitative estimate of drug-likeness (QED) is 0.922. The molecule has 1 aromatic carbocycles. The monoisotopic (exact) mass is 345 g/mol. The van der Waals surface area contributed by atoms with Crippen LogP contribution in [-0.4, -0.2) is 18.4 Å². The summed E-state index contributed by atoms with van der Waals surface area (Å²) in [4.78, 5) is 7.54. The molecule has 0 aliphatic carbocycles. The van der Waals surface area contributed by atoms with Crippen LogP contribution in [0.2, 0.25) is 0 Å². The number of benzene rings is 1. The van der Waals surface area contributed by atoms with Gasteiger partial charge in [-0.25, -0.2) is 18.4 Å². The smallest absolute Gasteiger partial charge is 0.263 e. The van der Waals surface area contributed by atoms with Gasteiger partial charge in [0.05, 0.1) is 10.5 Å². The fraction of sp³-hybridized carbons (Fsp3) is 0.286. The maximum atomic E-state index is 12.7. The van der Waals surface area contributed by atoms with Gasteiger partial charge in [0.15, 0.2) is 0 Å². The van der Waals surface area contributed by atoms with Crippen molar-refractivity contribution in [2.75, 3.05) is 4.72 Å². The fourth-order valence-electron chi connectivity index (χ4n) is 1.74. The summed E-state index contributed by atoms with van der Waals surface area (Å²) in [7, 11) is -4.18. The Morgan fingerprint density at radius 1 is 1.17 bits per heavy atom. The van der Waals surface area contributed by atoms with Gasteiger partial charge >= 0.3 is 6.18 Å². The van der Waals surface area contributed by atoms with Gasteiger partial charge in [0.25, 0.3) is 10.0 Å². The molecule has 0 fully saturated rings. The standard InChI is InChI=1S/C14H14F3N3O2S/c1-9(2)13-18-7-6-12(19-13)20-23(21,22)11-5-3-4-10(8-11)14(15,16)17/h3-9H,1-2H3,(H,18,19,20). The van der Waals surface area contributed by atoms with Crippen LogP contribution in [0.1, 0.15) is 31.2 Å². The van der Waals surface area contributed by atoms with Gasteiger partial charge in [0.1, 0.15) is 11.6 Å². The molecule has 1 heterocycles. The van der Waals surface area contributed by atoms with E-state index < -0.39 is 26.7 Å². The van der Waals surface area contributed by atoms with Gasteiger partial charge in [-0.15, -0.1) is 0 Å². The minimum atomic E-state index is -4.62. The predicted molar refractivity (Wildman–Crippen MR) is 78.4 cm³/mol. The van der Waals surface area contributed by atoms with Crippen molar-refractivity contribution in [3.05, 3.63) is 47.9 Å². The van der Waals surface area contributed by atoms with E-state index in [1.165, 1.54) is 12.3 Å². The highest BCUT2D eigenvalue weighted by atomic mass is 32.2. The molecule has 2 aromatic rings. The van der Waals surface area contributed by atoms with Crippen LogP contribution >= 0.6 is 0 Å². The van der Waals surface area contributed by atoms with Crippen molar-refractivity contribution in [2.24, 2.45) is 0 Å². The number of aromatic nitrogens is 2. The van der Waals surface area contributed by atoms with E-state index in [-0.39, 0.29) is 11.7 Å². The van der Waals surface area contributed by atoms with Crippen LogP contribution in [-0.2, 0) is 16.2 Å². The molecule has 0 aliphatic heterocycles. The molecule has 0 amide bonds. The Morgan fingerprint density at radius 3 is 2.48 bits per heavy atom. The molecule has 124 valence electrons. The number of hydrogen-bond donors (Lipinski definition) is 1. The van der Waals surface area contributed by atoms with Crippen LogP contribution < -0.4 is 4.72 Å². The molecule has 1 aromatic heterocycles. The molecule has 0 bridgehead atoms. The number of alkyl halides is 3. The van der Waals surface area contributed by atoms with E-state index in [0.29, 0.717) is 11.9 Å². The number of anilines is 1. The highest BCUT2D eigenvalue weighted by Gasteiger charge is 2.31. The van der Waals surface area contributed by atoms with Crippen molar-refractivity contribution >= 4 is 15.8 Å². The highest BCUT2D eigenvalue weighted by Crippen LogP contribution is 2.30. The first-order chi connectivity index (χ1) is 10.6. The average Bonchev–Trinajstić information content (AvgIpc) is 2.46. The predicted octanol–water partition coefficient (Wildman–Crippen LogP) is 3.42. The molecule has 0 aliphatic rings. The lowest BCUT2D eigenvalue weighted by molar-refractivity contribution is -0.137. The molecule has 1 N–H and O–H groups in total. The van der Waals surface area contributed by atoms with E-state index in [0.717, 1.165) is 18.2 Å². The first-order valence-corrected chi connectivity index (χ1v) is 8.11. The Morgan fingerprint density at radius 2 is 1.87 bits per heavy atom. The van der Waals surface area contributed by atoms with Gasteiger partial charge in [-0.3, -0.25) is 4.72 Å². The maximum absolute atomic E-state index is 12.7. The Bertz CT molecular complexity index is 805. The van der Waals surface area contributed by atoms with Crippen LogP contribution in [0.25, 0.3) is 0 Å². The molecule has 5 nitrogen and oxygen atoms in total. The lowest BCUT2D eigenvalue weighted by atomic mass is 10.2. The summed E-state index contributed by atoms with van der Waals surface area (Å²) in [6.45, 7) is 3.67. The van der Waals surface area contributed by atoms with E-state index in [1.54, 1.807) is 0 Å². The normalized spacial score (nSPS) is 12.4. The van der Waals surface area contributed by atoms with Gasteiger partial charge in [-0.1, -0.05) is 19.9 Å². The molecule has 23 heavy (non-hydrogen) atoms. The number of halogens is 3. The maximum Gasteiger partial charge on any atom is 0.416 e. The molecule has 0 radical (unpaired) electrons. The lowest BCUT2D eigenvalue weighted by Crippen LogP contribution is -2.16. The summed E-state index contributed by atoms with van der Waals surface area (Å²) in [5.74, 6) is 0.406. The molecule has 0 spiro atoms. The molecule has 9 heteroatoms. The summed E-state index contributed by atoms with van der Waals surface area (Å²) in [6, 6.07) is 4.84.